The van der Waals surface area contributed by atoms with Crippen LogP contribution in [0.25, 0.3) is 0 Å². The summed E-state index contributed by atoms with van der Waals surface area (Å²) in [7, 11) is 1.66. The first-order valence-electron chi connectivity index (χ1n) is 6.26. The van der Waals surface area contributed by atoms with Crippen molar-refractivity contribution in [3.8, 4) is 5.75 Å². The van der Waals surface area contributed by atoms with E-state index in [-0.39, 0.29) is 6.04 Å². The van der Waals surface area contributed by atoms with Gasteiger partial charge in [0.15, 0.2) is 0 Å². The molecule has 0 saturated carbocycles. The summed E-state index contributed by atoms with van der Waals surface area (Å²) in [5.41, 5.74) is 2.22. The van der Waals surface area contributed by atoms with E-state index in [9.17, 15) is 0 Å². The van der Waals surface area contributed by atoms with Crippen molar-refractivity contribution in [2.75, 3.05) is 12.4 Å². The summed E-state index contributed by atoms with van der Waals surface area (Å²) in [5, 5.41) is 7.74. The van der Waals surface area contributed by atoms with Crippen molar-refractivity contribution in [2.24, 2.45) is 0 Å². The third-order valence-corrected chi connectivity index (χ3v) is 3.63. The van der Waals surface area contributed by atoms with Gasteiger partial charge in [-0.05, 0) is 48.0 Å². The van der Waals surface area contributed by atoms with Gasteiger partial charge in [-0.15, -0.1) is 0 Å². The lowest BCUT2D eigenvalue weighted by Crippen LogP contribution is -2.06. The highest BCUT2D eigenvalue weighted by atomic mass is 79.9. The molecule has 1 aromatic carbocycles. The van der Waals surface area contributed by atoms with E-state index in [0.29, 0.717) is 0 Å². The molecular weight excluding hydrogens is 306 g/mol. The van der Waals surface area contributed by atoms with Crippen LogP contribution in [0.5, 0.6) is 5.75 Å². The van der Waals surface area contributed by atoms with Crippen LogP contribution < -0.4 is 10.1 Å². The zero-order valence-corrected chi connectivity index (χ0v) is 12.9. The van der Waals surface area contributed by atoms with Crippen LogP contribution in [0.4, 0.5) is 5.69 Å². The summed E-state index contributed by atoms with van der Waals surface area (Å²) < 4.78 is 8.09. The van der Waals surface area contributed by atoms with E-state index in [1.54, 1.807) is 7.11 Å². The largest absolute Gasteiger partial charge is 0.496 e. The molecule has 1 unspecified atom stereocenters. The molecule has 1 N–H and O–H groups in total. The maximum Gasteiger partial charge on any atom is 0.133 e. The Kier molecular flexibility index (Phi) is 4.47. The number of anilines is 1. The van der Waals surface area contributed by atoms with E-state index >= 15 is 0 Å². The first-order chi connectivity index (χ1) is 9.13. The number of aromatic nitrogens is 2. The first-order valence-corrected chi connectivity index (χ1v) is 7.05. The van der Waals surface area contributed by atoms with Gasteiger partial charge >= 0.3 is 0 Å². The fraction of sp³-hybridized carbons (Fsp3) is 0.357. The van der Waals surface area contributed by atoms with E-state index < -0.39 is 0 Å². The fourth-order valence-corrected chi connectivity index (χ4v) is 2.41. The molecule has 4 nitrogen and oxygen atoms in total. The van der Waals surface area contributed by atoms with Gasteiger partial charge in [-0.2, -0.15) is 5.10 Å². The zero-order valence-electron chi connectivity index (χ0n) is 11.4. The summed E-state index contributed by atoms with van der Waals surface area (Å²) >= 11 is 3.49. The minimum Gasteiger partial charge on any atom is -0.496 e. The fourth-order valence-electron chi connectivity index (χ4n) is 1.87. The highest BCUT2D eigenvalue weighted by Crippen LogP contribution is 2.29. The molecule has 5 heteroatoms. The molecule has 0 bridgehead atoms. The number of hydrogen-bond donors (Lipinski definition) is 1. The molecule has 0 amide bonds. The van der Waals surface area contributed by atoms with Crippen LogP contribution in [0.1, 0.15) is 25.5 Å². The molecule has 1 heterocycles. The van der Waals surface area contributed by atoms with Crippen LogP contribution in [0, 0.1) is 0 Å². The minimum atomic E-state index is 0.209. The SMILES string of the molecule is CCn1cc(C(C)Nc2ccc(OC)c(Br)c2)cn1. The molecule has 19 heavy (non-hydrogen) atoms. The van der Waals surface area contributed by atoms with E-state index in [1.807, 2.05) is 29.1 Å². The van der Waals surface area contributed by atoms with E-state index in [0.717, 1.165) is 22.5 Å². The highest BCUT2D eigenvalue weighted by Gasteiger charge is 2.09. The number of rotatable bonds is 5. The Labute approximate surface area is 121 Å². The smallest absolute Gasteiger partial charge is 0.133 e. The van der Waals surface area contributed by atoms with Crippen molar-refractivity contribution in [1.82, 2.24) is 9.78 Å². The summed E-state index contributed by atoms with van der Waals surface area (Å²) in [4.78, 5) is 0. The molecule has 0 aliphatic rings. The summed E-state index contributed by atoms with van der Waals surface area (Å²) in [6.45, 7) is 5.09. The van der Waals surface area contributed by atoms with Gasteiger partial charge in [0.1, 0.15) is 5.75 Å². The van der Waals surface area contributed by atoms with Gasteiger partial charge in [-0.3, -0.25) is 4.68 Å². The summed E-state index contributed by atoms with van der Waals surface area (Å²) in [5.74, 6) is 0.831. The second-order valence-corrected chi connectivity index (χ2v) is 5.20. The lowest BCUT2D eigenvalue weighted by Gasteiger charge is -2.14. The number of nitrogens with one attached hydrogen (secondary N) is 1. The number of aryl methyl sites for hydroxylation is 1. The Morgan fingerprint density at radius 3 is 2.84 bits per heavy atom. The third-order valence-electron chi connectivity index (χ3n) is 3.01. The van der Waals surface area contributed by atoms with Gasteiger partial charge in [0.25, 0.3) is 0 Å². The molecule has 102 valence electrons. The summed E-state index contributed by atoms with van der Waals surface area (Å²) in [6.07, 6.45) is 3.97. The van der Waals surface area contributed by atoms with Crippen LogP contribution in [0.15, 0.2) is 35.1 Å². The number of halogens is 1. The quantitative estimate of drug-likeness (QED) is 0.908. The van der Waals surface area contributed by atoms with Crippen LogP contribution in [-0.4, -0.2) is 16.9 Å². The van der Waals surface area contributed by atoms with Crippen molar-refractivity contribution in [2.45, 2.75) is 26.4 Å². The molecule has 1 atom stereocenters. The topological polar surface area (TPSA) is 39.1 Å². The van der Waals surface area contributed by atoms with Crippen molar-refractivity contribution >= 4 is 21.6 Å². The van der Waals surface area contributed by atoms with Gasteiger partial charge < -0.3 is 10.1 Å². The average molecular weight is 324 g/mol. The van der Waals surface area contributed by atoms with Crippen LogP contribution in [0.3, 0.4) is 0 Å². The molecule has 2 rings (SSSR count). The molecule has 0 aliphatic heterocycles. The molecule has 2 aromatic rings. The molecule has 0 fully saturated rings. The second kappa shape index (κ2) is 6.10. The van der Waals surface area contributed by atoms with E-state index in [4.69, 9.17) is 4.74 Å². The predicted molar refractivity (Wildman–Crippen MR) is 80.6 cm³/mol. The van der Waals surface area contributed by atoms with Gasteiger partial charge in [0.2, 0.25) is 0 Å². The monoisotopic (exact) mass is 323 g/mol. The number of benzene rings is 1. The van der Waals surface area contributed by atoms with Crippen molar-refractivity contribution in [3.63, 3.8) is 0 Å². The lowest BCUT2D eigenvalue weighted by atomic mass is 10.2. The van der Waals surface area contributed by atoms with Crippen LogP contribution in [0.2, 0.25) is 0 Å². The van der Waals surface area contributed by atoms with Crippen LogP contribution in [-0.2, 0) is 6.54 Å². The maximum atomic E-state index is 5.22. The second-order valence-electron chi connectivity index (χ2n) is 4.34. The Morgan fingerprint density at radius 2 is 2.26 bits per heavy atom. The lowest BCUT2D eigenvalue weighted by molar-refractivity contribution is 0.412. The molecule has 0 aliphatic carbocycles. The third kappa shape index (κ3) is 3.29. The Hall–Kier alpha value is -1.49. The maximum absolute atomic E-state index is 5.22. The van der Waals surface area contributed by atoms with Gasteiger partial charge in [-0.1, -0.05) is 0 Å². The van der Waals surface area contributed by atoms with Gasteiger partial charge in [-0.25, -0.2) is 0 Å². The number of hydrogen-bond acceptors (Lipinski definition) is 3. The standard InChI is InChI=1S/C14H18BrN3O/c1-4-18-9-11(8-16-18)10(2)17-12-5-6-14(19-3)13(15)7-12/h5-10,17H,4H2,1-3H3. The average Bonchev–Trinajstić information content (AvgIpc) is 2.88. The number of nitrogens with zero attached hydrogens (tertiary/aromatic N) is 2. The van der Waals surface area contributed by atoms with E-state index in [1.165, 1.54) is 5.56 Å². The van der Waals surface area contributed by atoms with Gasteiger partial charge in [0, 0.05) is 24.0 Å². The van der Waals surface area contributed by atoms with Crippen molar-refractivity contribution in [1.29, 1.82) is 0 Å². The normalized spacial score (nSPS) is 12.2. The van der Waals surface area contributed by atoms with Crippen molar-refractivity contribution < 1.29 is 4.74 Å². The molecular formula is C14H18BrN3O. The summed E-state index contributed by atoms with van der Waals surface area (Å²) in [6, 6.07) is 6.17. The zero-order chi connectivity index (χ0) is 13.8. The molecule has 1 aromatic heterocycles. The van der Waals surface area contributed by atoms with Crippen LogP contribution >= 0.6 is 15.9 Å². The number of methoxy groups -OCH3 is 1. The Bertz CT molecular complexity index is 553. The van der Waals surface area contributed by atoms with Crippen molar-refractivity contribution in [3.05, 3.63) is 40.6 Å². The number of ether oxygens (including phenoxy) is 1. The highest BCUT2D eigenvalue weighted by molar-refractivity contribution is 9.10. The molecule has 0 saturated heterocycles. The Balaban J connectivity index is 2.10. The van der Waals surface area contributed by atoms with Gasteiger partial charge in [0.05, 0.1) is 23.8 Å². The predicted octanol–water partition coefficient (Wildman–Crippen LogP) is 3.85. The first kappa shape index (κ1) is 13.9. The molecule has 0 spiro atoms. The minimum absolute atomic E-state index is 0.209. The Morgan fingerprint density at radius 1 is 1.47 bits per heavy atom. The van der Waals surface area contributed by atoms with E-state index in [2.05, 4.69) is 46.4 Å². The molecule has 0 radical (unpaired) electrons.